The molecule has 0 aliphatic rings. The van der Waals surface area contributed by atoms with Crippen molar-refractivity contribution in [2.75, 3.05) is 5.32 Å². The number of rotatable bonds is 3. The third-order valence-corrected chi connectivity index (χ3v) is 2.68. The molecule has 0 radical (unpaired) electrons. The minimum absolute atomic E-state index is 0.730. The van der Waals surface area contributed by atoms with Gasteiger partial charge in [0, 0.05) is 23.5 Å². The van der Waals surface area contributed by atoms with Gasteiger partial charge in [0.25, 0.3) is 0 Å². The van der Waals surface area contributed by atoms with Crippen LogP contribution in [0.1, 0.15) is 5.69 Å². The monoisotopic (exact) mass is 224 g/mol. The fourth-order valence-corrected chi connectivity index (χ4v) is 1.82. The van der Waals surface area contributed by atoms with Crippen LogP contribution < -0.4 is 5.32 Å². The first-order valence-corrected chi connectivity index (χ1v) is 5.49. The number of H-pyrrole nitrogens is 1. The van der Waals surface area contributed by atoms with E-state index in [1.807, 2.05) is 36.5 Å². The number of para-hydroxylation sites is 1. The second-order valence-corrected chi connectivity index (χ2v) is 3.81. The first kappa shape index (κ1) is 9.84. The van der Waals surface area contributed by atoms with Gasteiger partial charge in [-0.05, 0) is 18.2 Å². The predicted octanol–water partition coefficient (Wildman–Crippen LogP) is 2.57. The SMILES string of the molecule is c1ccc2c(NCc3ccn[nH]3)ccnc2c1. The summed E-state index contributed by atoms with van der Waals surface area (Å²) in [4.78, 5) is 4.33. The molecule has 3 aromatic rings. The second-order valence-electron chi connectivity index (χ2n) is 3.81. The van der Waals surface area contributed by atoms with Crippen LogP contribution in [0.5, 0.6) is 0 Å². The molecule has 84 valence electrons. The van der Waals surface area contributed by atoms with E-state index in [1.54, 1.807) is 6.20 Å². The Hall–Kier alpha value is -2.36. The fourth-order valence-electron chi connectivity index (χ4n) is 1.82. The predicted molar refractivity (Wildman–Crippen MR) is 67.7 cm³/mol. The van der Waals surface area contributed by atoms with E-state index in [0.29, 0.717) is 0 Å². The van der Waals surface area contributed by atoms with Crippen LogP contribution in [0, 0.1) is 0 Å². The van der Waals surface area contributed by atoms with E-state index in [-0.39, 0.29) is 0 Å². The molecule has 0 saturated carbocycles. The highest BCUT2D eigenvalue weighted by atomic mass is 15.1. The number of aromatic nitrogens is 3. The zero-order valence-electron chi connectivity index (χ0n) is 9.22. The van der Waals surface area contributed by atoms with Crippen LogP contribution in [0.25, 0.3) is 10.9 Å². The number of nitrogens with one attached hydrogen (secondary N) is 2. The van der Waals surface area contributed by atoms with Crippen molar-refractivity contribution in [3.8, 4) is 0 Å². The summed E-state index contributed by atoms with van der Waals surface area (Å²) in [6, 6.07) is 12.0. The topological polar surface area (TPSA) is 53.6 Å². The highest BCUT2D eigenvalue weighted by Crippen LogP contribution is 2.21. The van der Waals surface area contributed by atoms with Gasteiger partial charge >= 0.3 is 0 Å². The standard InChI is InChI=1S/C13H12N4/c1-2-4-12-11(3-1)13(6-7-14-12)15-9-10-5-8-16-17-10/h1-8H,9H2,(H,14,15)(H,16,17). The summed E-state index contributed by atoms with van der Waals surface area (Å²) >= 11 is 0. The number of nitrogens with zero attached hydrogens (tertiary/aromatic N) is 2. The van der Waals surface area contributed by atoms with Crippen LogP contribution in [-0.4, -0.2) is 15.2 Å². The Balaban J connectivity index is 1.90. The number of fused-ring (bicyclic) bond motifs is 1. The molecule has 3 rings (SSSR count). The van der Waals surface area contributed by atoms with Crippen LogP contribution in [-0.2, 0) is 6.54 Å². The maximum Gasteiger partial charge on any atom is 0.0722 e. The van der Waals surface area contributed by atoms with Gasteiger partial charge in [0.1, 0.15) is 0 Å². The van der Waals surface area contributed by atoms with Gasteiger partial charge in [-0.15, -0.1) is 0 Å². The van der Waals surface area contributed by atoms with Gasteiger partial charge < -0.3 is 5.32 Å². The molecule has 0 unspecified atom stereocenters. The molecule has 2 N–H and O–H groups in total. The minimum Gasteiger partial charge on any atom is -0.379 e. The van der Waals surface area contributed by atoms with Crippen molar-refractivity contribution in [3.05, 3.63) is 54.5 Å². The van der Waals surface area contributed by atoms with Crippen LogP contribution >= 0.6 is 0 Å². The third-order valence-electron chi connectivity index (χ3n) is 2.68. The maximum atomic E-state index is 4.33. The van der Waals surface area contributed by atoms with Crippen LogP contribution in [0.4, 0.5) is 5.69 Å². The van der Waals surface area contributed by atoms with Crippen molar-refractivity contribution < 1.29 is 0 Å². The van der Waals surface area contributed by atoms with Crippen molar-refractivity contribution in [1.29, 1.82) is 0 Å². The van der Waals surface area contributed by atoms with Crippen molar-refractivity contribution in [2.24, 2.45) is 0 Å². The summed E-state index contributed by atoms with van der Waals surface area (Å²) in [5.41, 5.74) is 3.15. The second kappa shape index (κ2) is 4.25. The van der Waals surface area contributed by atoms with Gasteiger partial charge in [0.15, 0.2) is 0 Å². The Morgan fingerprint density at radius 2 is 2.00 bits per heavy atom. The Kier molecular flexibility index (Phi) is 2.46. The van der Waals surface area contributed by atoms with E-state index in [9.17, 15) is 0 Å². The molecule has 0 bridgehead atoms. The molecule has 2 heterocycles. The highest BCUT2D eigenvalue weighted by molar-refractivity contribution is 5.90. The molecule has 0 aliphatic carbocycles. The maximum absolute atomic E-state index is 4.33. The van der Waals surface area contributed by atoms with Crippen molar-refractivity contribution in [1.82, 2.24) is 15.2 Å². The number of anilines is 1. The molecule has 4 heteroatoms. The Morgan fingerprint density at radius 1 is 1.06 bits per heavy atom. The third kappa shape index (κ3) is 1.97. The van der Waals surface area contributed by atoms with Crippen LogP contribution in [0.15, 0.2) is 48.8 Å². The lowest BCUT2D eigenvalue weighted by atomic mass is 10.2. The van der Waals surface area contributed by atoms with Gasteiger partial charge in [0.2, 0.25) is 0 Å². The number of hydrogen-bond donors (Lipinski definition) is 2. The number of aromatic amines is 1. The van der Waals surface area contributed by atoms with Gasteiger partial charge in [-0.2, -0.15) is 5.10 Å². The molecular formula is C13H12N4. The smallest absolute Gasteiger partial charge is 0.0722 e. The van der Waals surface area contributed by atoms with Gasteiger partial charge in [-0.25, -0.2) is 0 Å². The molecule has 0 aliphatic heterocycles. The number of hydrogen-bond acceptors (Lipinski definition) is 3. The largest absolute Gasteiger partial charge is 0.379 e. The minimum atomic E-state index is 0.730. The number of pyridine rings is 1. The van der Waals surface area contributed by atoms with Crippen LogP contribution in [0.3, 0.4) is 0 Å². The highest BCUT2D eigenvalue weighted by Gasteiger charge is 2.00. The van der Waals surface area contributed by atoms with E-state index in [2.05, 4.69) is 26.6 Å². The molecular weight excluding hydrogens is 212 g/mol. The lowest BCUT2D eigenvalue weighted by Crippen LogP contribution is -2.00. The van der Waals surface area contributed by atoms with Crippen molar-refractivity contribution in [2.45, 2.75) is 6.54 Å². The molecule has 0 spiro atoms. The van der Waals surface area contributed by atoms with Crippen molar-refractivity contribution in [3.63, 3.8) is 0 Å². The normalized spacial score (nSPS) is 10.6. The van der Waals surface area contributed by atoms with Gasteiger partial charge in [-0.1, -0.05) is 18.2 Å². The molecule has 4 nitrogen and oxygen atoms in total. The van der Waals surface area contributed by atoms with E-state index in [0.717, 1.165) is 28.8 Å². The van der Waals surface area contributed by atoms with Crippen LogP contribution in [0.2, 0.25) is 0 Å². The average Bonchev–Trinajstić information content (AvgIpc) is 2.89. The molecule has 1 aromatic carbocycles. The first-order chi connectivity index (χ1) is 8.43. The van der Waals surface area contributed by atoms with Gasteiger partial charge in [-0.3, -0.25) is 10.1 Å². The quantitative estimate of drug-likeness (QED) is 0.719. The summed E-state index contributed by atoms with van der Waals surface area (Å²) in [6.45, 7) is 0.730. The van der Waals surface area contributed by atoms with Gasteiger partial charge in [0.05, 0.1) is 17.8 Å². The summed E-state index contributed by atoms with van der Waals surface area (Å²) in [5.74, 6) is 0. The Bertz CT molecular complexity index is 611. The Morgan fingerprint density at radius 3 is 2.88 bits per heavy atom. The molecule has 0 atom stereocenters. The fraction of sp³-hybridized carbons (Fsp3) is 0.0769. The molecule has 2 aromatic heterocycles. The molecule has 0 fully saturated rings. The van der Waals surface area contributed by atoms with Crippen molar-refractivity contribution >= 4 is 16.6 Å². The lowest BCUT2D eigenvalue weighted by molar-refractivity contribution is 0.982. The summed E-state index contributed by atoms with van der Waals surface area (Å²) in [6.07, 6.45) is 3.57. The summed E-state index contributed by atoms with van der Waals surface area (Å²) < 4.78 is 0. The first-order valence-electron chi connectivity index (χ1n) is 5.49. The lowest BCUT2D eigenvalue weighted by Gasteiger charge is -2.07. The van der Waals surface area contributed by atoms with E-state index < -0.39 is 0 Å². The van der Waals surface area contributed by atoms with E-state index in [4.69, 9.17) is 0 Å². The Labute approximate surface area is 98.7 Å². The summed E-state index contributed by atoms with van der Waals surface area (Å²) in [7, 11) is 0. The molecule has 17 heavy (non-hydrogen) atoms. The van der Waals surface area contributed by atoms with E-state index in [1.165, 1.54) is 0 Å². The number of benzene rings is 1. The summed E-state index contributed by atoms with van der Waals surface area (Å²) in [5, 5.41) is 11.4. The average molecular weight is 224 g/mol. The van der Waals surface area contributed by atoms with E-state index >= 15 is 0 Å². The zero-order chi connectivity index (χ0) is 11.5. The molecule has 0 saturated heterocycles. The zero-order valence-corrected chi connectivity index (χ0v) is 9.22. The molecule has 0 amide bonds.